The third kappa shape index (κ3) is 2.49. The maximum absolute atomic E-state index is 11.7. The smallest absolute Gasteiger partial charge is 0.416 e. The van der Waals surface area contributed by atoms with E-state index in [2.05, 4.69) is 0 Å². The van der Waals surface area contributed by atoms with E-state index in [-0.39, 0.29) is 17.4 Å². The van der Waals surface area contributed by atoms with E-state index in [1.54, 1.807) is 0 Å². The fourth-order valence-corrected chi connectivity index (χ4v) is 1.67. The highest BCUT2D eigenvalue weighted by Gasteiger charge is 2.43. The van der Waals surface area contributed by atoms with Crippen molar-refractivity contribution in [1.29, 1.82) is 0 Å². The molecule has 1 heterocycles. The van der Waals surface area contributed by atoms with Crippen LogP contribution in [0.15, 0.2) is 0 Å². The number of cyclic esters (lactones) is 1. The van der Waals surface area contributed by atoms with Crippen molar-refractivity contribution in [1.82, 2.24) is 4.90 Å². The van der Waals surface area contributed by atoms with Crippen LogP contribution in [-0.4, -0.2) is 29.5 Å². The number of rotatable bonds is 2. The average Bonchev–Trinajstić information content (AvgIpc) is 2.46. The monoisotopic (exact) mass is 213 g/mol. The van der Waals surface area contributed by atoms with Crippen molar-refractivity contribution in [3.63, 3.8) is 0 Å². The van der Waals surface area contributed by atoms with E-state index in [0.29, 0.717) is 13.0 Å². The Kier molecular flexibility index (Phi) is 3.37. The number of imide groups is 1. The summed E-state index contributed by atoms with van der Waals surface area (Å²) in [5.74, 6) is -0.125. The summed E-state index contributed by atoms with van der Waals surface area (Å²) < 4.78 is 4.94. The fraction of sp³-hybridized carbons (Fsp3) is 0.818. The van der Waals surface area contributed by atoms with Gasteiger partial charge in [-0.1, -0.05) is 27.7 Å². The Morgan fingerprint density at radius 2 is 2.13 bits per heavy atom. The van der Waals surface area contributed by atoms with Gasteiger partial charge in [-0.2, -0.15) is 0 Å². The number of carbonyl (C=O) groups excluding carboxylic acids is 2. The van der Waals surface area contributed by atoms with E-state index < -0.39 is 6.09 Å². The molecule has 2 amide bonds. The van der Waals surface area contributed by atoms with Gasteiger partial charge in [-0.15, -0.1) is 0 Å². The van der Waals surface area contributed by atoms with Crippen molar-refractivity contribution in [3.05, 3.63) is 0 Å². The Bertz CT molecular complexity index is 267. The fourth-order valence-electron chi connectivity index (χ4n) is 1.67. The van der Waals surface area contributed by atoms with Gasteiger partial charge in [0.05, 0.1) is 6.04 Å². The number of ether oxygens (including phenoxy) is 1. The molecule has 1 aliphatic heterocycles. The summed E-state index contributed by atoms with van der Waals surface area (Å²) in [4.78, 5) is 24.4. The molecule has 0 radical (unpaired) electrons. The first-order valence-electron chi connectivity index (χ1n) is 5.36. The lowest BCUT2D eigenvalue weighted by Gasteiger charge is -2.30. The maximum Gasteiger partial charge on any atom is 0.416 e. The molecule has 1 unspecified atom stereocenters. The molecular formula is C11H19NO3. The third-order valence-electron chi connectivity index (χ3n) is 2.61. The molecule has 15 heavy (non-hydrogen) atoms. The molecule has 4 nitrogen and oxygen atoms in total. The third-order valence-corrected chi connectivity index (χ3v) is 2.61. The second kappa shape index (κ2) is 4.21. The van der Waals surface area contributed by atoms with Crippen LogP contribution in [0.3, 0.4) is 0 Å². The van der Waals surface area contributed by atoms with Gasteiger partial charge in [0, 0.05) is 6.42 Å². The van der Waals surface area contributed by atoms with Crippen LogP contribution in [0.2, 0.25) is 0 Å². The van der Waals surface area contributed by atoms with E-state index in [1.165, 1.54) is 4.90 Å². The average molecular weight is 213 g/mol. The molecule has 1 saturated heterocycles. The SMILES string of the molecule is CCCC(=O)N1C(=O)OCC1C(C)(C)C. The summed E-state index contributed by atoms with van der Waals surface area (Å²) >= 11 is 0. The molecule has 0 N–H and O–H groups in total. The lowest BCUT2D eigenvalue weighted by molar-refractivity contribution is -0.130. The maximum atomic E-state index is 11.7. The predicted molar refractivity (Wildman–Crippen MR) is 56.3 cm³/mol. The van der Waals surface area contributed by atoms with E-state index in [0.717, 1.165) is 6.42 Å². The summed E-state index contributed by atoms with van der Waals surface area (Å²) in [7, 11) is 0. The summed E-state index contributed by atoms with van der Waals surface area (Å²) in [5, 5.41) is 0. The first-order valence-corrected chi connectivity index (χ1v) is 5.36. The van der Waals surface area contributed by atoms with Gasteiger partial charge >= 0.3 is 6.09 Å². The molecule has 0 aromatic carbocycles. The van der Waals surface area contributed by atoms with Gasteiger partial charge in [0.15, 0.2) is 0 Å². The standard InChI is InChI=1S/C11H19NO3/c1-5-6-9(13)12-8(11(2,3)4)7-15-10(12)14/h8H,5-7H2,1-4H3. The summed E-state index contributed by atoms with van der Waals surface area (Å²) in [6, 6.07) is -0.135. The molecule has 1 atom stereocenters. The number of hydrogen-bond donors (Lipinski definition) is 0. The van der Waals surface area contributed by atoms with Crippen LogP contribution < -0.4 is 0 Å². The number of nitrogens with zero attached hydrogens (tertiary/aromatic N) is 1. The van der Waals surface area contributed by atoms with Crippen molar-refractivity contribution in [2.45, 2.75) is 46.6 Å². The first-order chi connectivity index (χ1) is 6.88. The van der Waals surface area contributed by atoms with Crippen LogP contribution in [0, 0.1) is 5.41 Å². The minimum absolute atomic E-state index is 0.125. The summed E-state index contributed by atoms with van der Waals surface area (Å²) in [5.41, 5.74) is -0.129. The molecule has 0 aromatic heterocycles. The first kappa shape index (κ1) is 12.0. The van der Waals surface area contributed by atoms with Crippen LogP contribution >= 0.6 is 0 Å². The summed E-state index contributed by atoms with van der Waals surface area (Å²) in [6.45, 7) is 8.26. The van der Waals surface area contributed by atoms with Crippen LogP contribution in [-0.2, 0) is 9.53 Å². The van der Waals surface area contributed by atoms with Crippen LogP contribution in [0.5, 0.6) is 0 Å². The Morgan fingerprint density at radius 3 is 2.60 bits per heavy atom. The molecule has 4 heteroatoms. The van der Waals surface area contributed by atoms with E-state index >= 15 is 0 Å². The quantitative estimate of drug-likeness (QED) is 0.706. The molecule has 1 aliphatic rings. The van der Waals surface area contributed by atoms with Gasteiger partial charge in [0.25, 0.3) is 0 Å². The molecule has 0 bridgehead atoms. The molecule has 0 saturated carbocycles. The van der Waals surface area contributed by atoms with Gasteiger partial charge in [-0.25, -0.2) is 9.69 Å². The topological polar surface area (TPSA) is 46.6 Å². The largest absolute Gasteiger partial charge is 0.447 e. The lowest BCUT2D eigenvalue weighted by Crippen LogP contribution is -2.45. The normalized spacial score (nSPS) is 21.7. The predicted octanol–water partition coefficient (Wildman–Crippen LogP) is 2.18. The highest BCUT2D eigenvalue weighted by atomic mass is 16.6. The molecule has 1 fully saturated rings. The number of hydrogen-bond acceptors (Lipinski definition) is 3. The van der Waals surface area contributed by atoms with Gasteiger partial charge in [-0.05, 0) is 11.8 Å². The molecule has 0 aliphatic carbocycles. The van der Waals surface area contributed by atoms with Crippen molar-refractivity contribution in [3.8, 4) is 0 Å². The zero-order valence-electron chi connectivity index (χ0n) is 9.87. The second-order valence-corrected chi connectivity index (χ2v) is 4.97. The van der Waals surface area contributed by atoms with Gasteiger partial charge in [0.1, 0.15) is 6.61 Å². The second-order valence-electron chi connectivity index (χ2n) is 4.97. The van der Waals surface area contributed by atoms with Gasteiger partial charge in [0.2, 0.25) is 5.91 Å². The van der Waals surface area contributed by atoms with Crippen molar-refractivity contribution < 1.29 is 14.3 Å². The lowest BCUT2D eigenvalue weighted by atomic mass is 9.86. The van der Waals surface area contributed by atoms with Crippen LogP contribution in [0.4, 0.5) is 4.79 Å². The van der Waals surface area contributed by atoms with E-state index in [1.807, 2.05) is 27.7 Å². The molecule has 86 valence electrons. The highest BCUT2D eigenvalue weighted by molar-refractivity contribution is 5.93. The van der Waals surface area contributed by atoms with Crippen molar-refractivity contribution in [2.75, 3.05) is 6.61 Å². The zero-order valence-corrected chi connectivity index (χ0v) is 9.87. The Hall–Kier alpha value is -1.06. The van der Waals surface area contributed by atoms with Crippen LogP contribution in [0.1, 0.15) is 40.5 Å². The van der Waals surface area contributed by atoms with E-state index in [9.17, 15) is 9.59 Å². The number of carbonyl (C=O) groups is 2. The highest BCUT2D eigenvalue weighted by Crippen LogP contribution is 2.29. The summed E-state index contributed by atoms with van der Waals surface area (Å²) in [6.07, 6.45) is 0.662. The molecule has 0 spiro atoms. The Labute approximate surface area is 90.6 Å². The molecule has 0 aromatic rings. The molecular weight excluding hydrogens is 194 g/mol. The molecule has 1 rings (SSSR count). The minimum Gasteiger partial charge on any atom is -0.447 e. The van der Waals surface area contributed by atoms with Crippen LogP contribution in [0.25, 0.3) is 0 Å². The number of amides is 2. The minimum atomic E-state index is -0.492. The van der Waals surface area contributed by atoms with Gasteiger partial charge < -0.3 is 4.74 Å². The Morgan fingerprint density at radius 1 is 1.53 bits per heavy atom. The van der Waals surface area contributed by atoms with Crippen molar-refractivity contribution >= 4 is 12.0 Å². The zero-order chi connectivity index (χ0) is 11.6. The Balaban J connectivity index is 2.82. The van der Waals surface area contributed by atoms with Crippen molar-refractivity contribution in [2.24, 2.45) is 5.41 Å². The van der Waals surface area contributed by atoms with E-state index in [4.69, 9.17) is 4.74 Å². The van der Waals surface area contributed by atoms with Gasteiger partial charge in [-0.3, -0.25) is 4.79 Å².